The molecule has 0 bridgehead atoms. The molecule has 27 heavy (non-hydrogen) atoms. The molecular formula is C17H13BrCl2N2O5. The molecule has 7 nitrogen and oxygen atoms in total. The number of nitrogens with zero attached hydrogens (tertiary/aromatic N) is 1. The standard InChI is InChI=1S/C17H13BrCl2N2O5/c1-26-14-5-9(4-12(18)16(14)27-8-15(23)24)7-21-22-17(25)11-3-2-10(19)6-13(11)20/h2-7H,8H2,1H3,(H,22,25)(H,23,24). The van der Waals surface area contributed by atoms with Crippen LogP contribution in [0.15, 0.2) is 39.9 Å². The van der Waals surface area contributed by atoms with Gasteiger partial charge in [-0.3, -0.25) is 4.79 Å². The summed E-state index contributed by atoms with van der Waals surface area (Å²) in [7, 11) is 1.42. The van der Waals surface area contributed by atoms with E-state index >= 15 is 0 Å². The summed E-state index contributed by atoms with van der Waals surface area (Å²) in [5.74, 6) is -1.06. The third kappa shape index (κ3) is 5.85. The second kappa shape index (κ2) is 9.59. The molecule has 0 fully saturated rings. The van der Waals surface area contributed by atoms with Gasteiger partial charge in [0.25, 0.3) is 5.91 Å². The topological polar surface area (TPSA) is 97.2 Å². The van der Waals surface area contributed by atoms with Gasteiger partial charge in [-0.1, -0.05) is 23.2 Å². The number of halogens is 3. The molecule has 142 valence electrons. The summed E-state index contributed by atoms with van der Waals surface area (Å²) in [4.78, 5) is 22.8. The Kier molecular flexibility index (Phi) is 7.46. The van der Waals surface area contributed by atoms with Crippen molar-refractivity contribution in [2.24, 2.45) is 5.10 Å². The minimum absolute atomic E-state index is 0.208. The van der Waals surface area contributed by atoms with Crippen LogP contribution in [-0.4, -0.2) is 36.9 Å². The Morgan fingerprint density at radius 3 is 2.67 bits per heavy atom. The number of carbonyl (C=O) groups excluding carboxylic acids is 1. The number of benzene rings is 2. The molecule has 2 N–H and O–H groups in total. The van der Waals surface area contributed by atoms with Gasteiger partial charge in [0, 0.05) is 5.02 Å². The molecule has 2 aromatic carbocycles. The van der Waals surface area contributed by atoms with E-state index in [-0.39, 0.29) is 16.3 Å². The van der Waals surface area contributed by atoms with Gasteiger partial charge >= 0.3 is 5.97 Å². The van der Waals surface area contributed by atoms with E-state index in [2.05, 4.69) is 26.5 Å². The number of carbonyl (C=O) groups is 2. The van der Waals surface area contributed by atoms with E-state index in [9.17, 15) is 9.59 Å². The maximum Gasteiger partial charge on any atom is 0.341 e. The lowest BCUT2D eigenvalue weighted by Gasteiger charge is -2.12. The van der Waals surface area contributed by atoms with E-state index < -0.39 is 18.5 Å². The van der Waals surface area contributed by atoms with E-state index in [1.54, 1.807) is 18.2 Å². The lowest BCUT2D eigenvalue weighted by molar-refractivity contribution is -0.139. The number of carboxylic acid groups (broad SMARTS) is 1. The largest absolute Gasteiger partial charge is 0.493 e. The van der Waals surface area contributed by atoms with Crippen LogP contribution in [0.25, 0.3) is 0 Å². The van der Waals surface area contributed by atoms with E-state index in [1.165, 1.54) is 25.5 Å². The Bertz CT molecular complexity index is 905. The first kappa shape index (κ1) is 21.0. The van der Waals surface area contributed by atoms with Crippen molar-refractivity contribution >= 4 is 57.2 Å². The molecule has 2 rings (SSSR count). The SMILES string of the molecule is COc1cc(C=NNC(=O)c2ccc(Cl)cc2Cl)cc(Br)c1OCC(=O)O. The van der Waals surface area contributed by atoms with Crippen LogP contribution >= 0.6 is 39.1 Å². The minimum Gasteiger partial charge on any atom is -0.493 e. The van der Waals surface area contributed by atoms with Crippen LogP contribution in [0.4, 0.5) is 0 Å². The predicted molar refractivity (Wildman–Crippen MR) is 105 cm³/mol. The minimum atomic E-state index is -1.11. The second-order valence-electron chi connectivity index (χ2n) is 5.04. The van der Waals surface area contributed by atoms with Crippen molar-refractivity contribution in [1.29, 1.82) is 0 Å². The van der Waals surface area contributed by atoms with E-state index in [0.29, 0.717) is 20.8 Å². The molecular weight excluding hydrogens is 463 g/mol. The number of hydrogen-bond acceptors (Lipinski definition) is 5. The fourth-order valence-corrected chi connectivity index (χ4v) is 3.06. The smallest absolute Gasteiger partial charge is 0.341 e. The maximum atomic E-state index is 12.1. The molecule has 2 aromatic rings. The van der Waals surface area contributed by atoms with Crippen LogP contribution in [0, 0.1) is 0 Å². The van der Waals surface area contributed by atoms with Gasteiger partial charge in [0.15, 0.2) is 18.1 Å². The third-order valence-electron chi connectivity index (χ3n) is 3.15. The highest BCUT2D eigenvalue weighted by Crippen LogP contribution is 2.36. The number of ether oxygens (including phenoxy) is 2. The highest BCUT2D eigenvalue weighted by Gasteiger charge is 2.13. The Morgan fingerprint density at radius 2 is 2.04 bits per heavy atom. The van der Waals surface area contributed by atoms with Crippen molar-refractivity contribution in [3.63, 3.8) is 0 Å². The number of amides is 1. The molecule has 0 radical (unpaired) electrons. The number of aliphatic carboxylic acids is 1. The highest BCUT2D eigenvalue weighted by molar-refractivity contribution is 9.10. The fourth-order valence-electron chi connectivity index (χ4n) is 1.99. The van der Waals surface area contributed by atoms with Gasteiger partial charge < -0.3 is 14.6 Å². The molecule has 0 unspecified atom stereocenters. The summed E-state index contributed by atoms with van der Waals surface area (Å²) in [5.41, 5.74) is 3.16. The first-order chi connectivity index (χ1) is 12.8. The summed E-state index contributed by atoms with van der Waals surface area (Å²) in [5, 5.41) is 13.2. The van der Waals surface area contributed by atoms with E-state index in [4.69, 9.17) is 37.8 Å². The van der Waals surface area contributed by atoms with Crippen molar-refractivity contribution in [3.8, 4) is 11.5 Å². The van der Waals surface area contributed by atoms with Crippen molar-refractivity contribution < 1.29 is 24.2 Å². The van der Waals surface area contributed by atoms with Crippen molar-refractivity contribution in [2.75, 3.05) is 13.7 Å². The summed E-state index contributed by atoms with van der Waals surface area (Å²) in [6.07, 6.45) is 1.38. The monoisotopic (exact) mass is 474 g/mol. The average Bonchev–Trinajstić information content (AvgIpc) is 2.60. The molecule has 0 saturated heterocycles. The number of rotatable bonds is 7. The molecule has 0 heterocycles. The first-order valence-corrected chi connectivity index (χ1v) is 8.87. The maximum absolute atomic E-state index is 12.1. The molecule has 1 amide bonds. The quantitative estimate of drug-likeness (QED) is 0.466. The number of nitrogens with one attached hydrogen (secondary N) is 1. The summed E-state index contributed by atoms with van der Waals surface area (Å²) >= 11 is 15.1. The highest BCUT2D eigenvalue weighted by atomic mass is 79.9. The number of hydrazone groups is 1. The van der Waals surface area contributed by atoms with Crippen LogP contribution < -0.4 is 14.9 Å². The zero-order valence-corrected chi connectivity index (χ0v) is 16.9. The average molecular weight is 476 g/mol. The lowest BCUT2D eigenvalue weighted by atomic mass is 10.2. The number of hydrogen-bond donors (Lipinski definition) is 2. The fraction of sp³-hybridized carbons (Fsp3) is 0.118. The molecule has 0 atom stereocenters. The van der Waals surface area contributed by atoms with Crippen LogP contribution in [0.5, 0.6) is 11.5 Å². The van der Waals surface area contributed by atoms with Gasteiger partial charge in [0.1, 0.15) is 0 Å². The lowest BCUT2D eigenvalue weighted by Crippen LogP contribution is -2.18. The zero-order valence-electron chi connectivity index (χ0n) is 13.8. The normalized spacial score (nSPS) is 10.7. The van der Waals surface area contributed by atoms with E-state index in [0.717, 1.165) is 0 Å². The third-order valence-corrected chi connectivity index (χ3v) is 4.28. The molecule has 0 aliphatic rings. The van der Waals surface area contributed by atoms with Gasteiger partial charge in [-0.05, 0) is 51.8 Å². The molecule has 0 aliphatic heterocycles. The van der Waals surface area contributed by atoms with Gasteiger partial charge in [0.05, 0.1) is 28.4 Å². The van der Waals surface area contributed by atoms with Gasteiger partial charge in [0.2, 0.25) is 0 Å². The van der Waals surface area contributed by atoms with Crippen molar-refractivity contribution in [3.05, 3.63) is 56.0 Å². The second-order valence-corrected chi connectivity index (χ2v) is 6.74. The van der Waals surface area contributed by atoms with Gasteiger partial charge in [-0.2, -0.15) is 5.10 Å². The van der Waals surface area contributed by atoms with Gasteiger partial charge in [-0.25, -0.2) is 10.2 Å². The summed E-state index contributed by atoms with van der Waals surface area (Å²) in [6, 6.07) is 7.70. The molecule has 0 aromatic heterocycles. The number of methoxy groups -OCH3 is 1. The molecule has 0 aliphatic carbocycles. The van der Waals surface area contributed by atoms with Crippen LogP contribution in [0.3, 0.4) is 0 Å². The van der Waals surface area contributed by atoms with E-state index in [1.807, 2.05) is 0 Å². The van der Waals surface area contributed by atoms with Crippen LogP contribution in [-0.2, 0) is 4.79 Å². The Hall–Kier alpha value is -2.29. The summed E-state index contributed by atoms with van der Waals surface area (Å²) < 4.78 is 10.9. The Morgan fingerprint density at radius 1 is 1.30 bits per heavy atom. The van der Waals surface area contributed by atoms with Gasteiger partial charge in [-0.15, -0.1) is 0 Å². The predicted octanol–water partition coefficient (Wildman–Crippen LogP) is 3.99. The van der Waals surface area contributed by atoms with Crippen LogP contribution in [0.1, 0.15) is 15.9 Å². The molecule has 0 saturated carbocycles. The molecule has 0 spiro atoms. The van der Waals surface area contributed by atoms with Crippen LogP contribution in [0.2, 0.25) is 10.0 Å². The first-order valence-electron chi connectivity index (χ1n) is 7.32. The molecule has 10 heteroatoms. The zero-order chi connectivity index (χ0) is 20.0. The Labute approximate surface area is 173 Å². The summed E-state index contributed by atoms with van der Waals surface area (Å²) in [6.45, 7) is -0.514. The van der Waals surface area contributed by atoms with Crippen molar-refractivity contribution in [2.45, 2.75) is 0 Å². The van der Waals surface area contributed by atoms with Crippen molar-refractivity contribution in [1.82, 2.24) is 5.43 Å². The Balaban J connectivity index is 2.13. The number of carboxylic acids is 1.